The third-order valence-corrected chi connectivity index (χ3v) is 10.8. The van der Waals surface area contributed by atoms with Gasteiger partial charge < -0.3 is 24.0 Å². The Morgan fingerprint density at radius 1 is 1.09 bits per heavy atom. The van der Waals surface area contributed by atoms with Crippen molar-refractivity contribution in [2.75, 3.05) is 66.2 Å². The van der Waals surface area contributed by atoms with Crippen LogP contribution in [-0.4, -0.2) is 103 Å². The van der Waals surface area contributed by atoms with E-state index in [0.717, 1.165) is 44.0 Å². The lowest BCUT2D eigenvalue weighted by Crippen LogP contribution is -2.56. The number of nitrogens with zero attached hydrogens (tertiary/aromatic N) is 6. The van der Waals surface area contributed by atoms with Crippen LogP contribution in [0.4, 0.5) is 14.6 Å². The van der Waals surface area contributed by atoms with Crippen molar-refractivity contribution in [3.05, 3.63) is 47.4 Å². The fourth-order valence-corrected chi connectivity index (χ4v) is 8.10. The number of halogens is 3. The predicted octanol–water partition coefficient (Wildman–Crippen LogP) is 6.50. The van der Waals surface area contributed by atoms with Gasteiger partial charge in [-0.2, -0.15) is 9.97 Å². The van der Waals surface area contributed by atoms with Crippen molar-refractivity contribution in [3.63, 3.8) is 0 Å². The first-order valence-corrected chi connectivity index (χ1v) is 16.6. The van der Waals surface area contributed by atoms with E-state index in [-0.39, 0.29) is 36.2 Å². The Kier molecular flexibility index (Phi) is 8.61. The average Bonchev–Trinajstić information content (AvgIpc) is 3.56. The Morgan fingerprint density at radius 2 is 1.91 bits per heavy atom. The topological polar surface area (TPSA) is 76.1 Å². The molecule has 3 aliphatic rings. The van der Waals surface area contributed by atoms with Gasteiger partial charge in [-0.3, -0.25) is 9.88 Å². The molecule has 0 unspecified atom stereocenters. The molecule has 0 N–H and O–H groups in total. The Labute approximate surface area is 278 Å². The summed E-state index contributed by atoms with van der Waals surface area (Å²) >= 11 is 6.69. The molecule has 4 aromatic rings. The smallest absolute Gasteiger partial charge is 0.319 e. The minimum Gasteiger partial charge on any atom is -0.468 e. The molecule has 2 atom stereocenters. The van der Waals surface area contributed by atoms with E-state index in [0.29, 0.717) is 52.4 Å². The molecule has 47 heavy (non-hydrogen) atoms. The van der Waals surface area contributed by atoms with Crippen LogP contribution < -0.4 is 14.4 Å². The standard InChI is InChI=1S/C35H41ClF2N6O3/c1-42(2)34(10-6-11-34)19-43(3)32-26-17-39-30(25-15-24(47-21-45-4)14-22-8-5-9-27(36)28(22)25)29(38)31(26)40-33(41-32)46-20-35-12-7-13-44(35)18-23(37)16-35/h5,8-9,14-15,17,23H,6-7,10-13,16,18-21H2,1-4H3/t23-,35+/m1/s1. The first kappa shape index (κ1) is 32.2. The van der Waals surface area contributed by atoms with Crippen LogP contribution in [0.2, 0.25) is 5.02 Å². The molecule has 2 aromatic heterocycles. The lowest BCUT2D eigenvalue weighted by Gasteiger charge is -2.49. The van der Waals surface area contributed by atoms with Crippen molar-refractivity contribution < 1.29 is 23.0 Å². The highest BCUT2D eigenvalue weighted by Gasteiger charge is 2.49. The van der Waals surface area contributed by atoms with Crippen molar-refractivity contribution in [2.45, 2.75) is 55.8 Å². The van der Waals surface area contributed by atoms with E-state index in [4.69, 9.17) is 30.8 Å². The van der Waals surface area contributed by atoms with Gasteiger partial charge in [0.25, 0.3) is 0 Å². The van der Waals surface area contributed by atoms with Crippen molar-refractivity contribution in [3.8, 4) is 23.0 Å². The maximum absolute atomic E-state index is 17.0. The van der Waals surface area contributed by atoms with E-state index >= 15 is 4.39 Å². The molecule has 0 bridgehead atoms. The third kappa shape index (κ3) is 5.75. The Morgan fingerprint density at radius 3 is 2.66 bits per heavy atom. The fourth-order valence-electron chi connectivity index (χ4n) is 7.81. The second-order valence-corrected chi connectivity index (χ2v) is 14.0. The molecule has 1 saturated carbocycles. The number of alkyl halides is 1. The van der Waals surface area contributed by atoms with Gasteiger partial charge in [0.15, 0.2) is 12.6 Å². The van der Waals surface area contributed by atoms with Crippen LogP contribution in [0.3, 0.4) is 0 Å². The number of rotatable bonds is 11. The molecule has 4 heterocycles. The number of hydrogen-bond acceptors (Lipinski definition) is 9. The molecule has 1 aliphatic carbocycles. The van der Waals surface area contributed by atoms with E-state index in [9.17, 15) is 4.39 Å². The zero-order chi connectivity index (χ0) is 32.9. The molecular formula is C35H41ClF2N6O3. The van der Waals surface area contributed by atoms with Gasteiger partial charge in [-0.1, -0.05) is 23.7 Å². The summed E-state index contributed by atoms with van der Waals surface area (Å²) in [6.45, 7) is 2.21. The maximum Gasteiger partial charge on any atom is 0.319 e. The quantitative estimate of drug-likeness (QED) is 0.167. The van der Waals surface area contributed by atoms with Crippen LogP contribution >= 0.6 is 11.6 Å². The SMILES string of the molecule is COCOc1cc(-c2ncc3c(N(C)CC4(N(C)C)CCC4)nc(OC[C@@]45CCCN4C[C@H](F)C5)nc3c2F)c2c(Cl)cccc2c1. The molecule has 0 radical (unpaired) electrons. The van der Waals surface area contributed by atoms with Gasteiger partial charge in [-0.05, 0) is 76.3 Å². The van der Waals surface area contributed by atoms with Gasteiger partial charge in [0.2, 0.25) is 0 Å². The van der Waals surface area contributed by atoms with E-state index in [1.165, 1.54) is 7.11 Å². The summed E-state index contributed by atoms with van der Waals surface area (Å²) in [5, 5.41) is 2.35. The van der Waals surface area contributed by atoms with Crippen LogP contribution in [0.1, 0.15) is 38.5 Å². The van der Waals surface area contributed by atoms with Crippen LogP contribution in [0.15, 0.2) is 36.5 Å². The number of pyridine rings is 1. The second kappa shape index (κ2) is 12.6. The molecule has 2 aliphatic heterocycles. The summed E-state index contributed by atoms with van der Waals surface area (Å²) in [5.41, 5.74) is 0.229. The summed E-state index contributed by atoms with van der Waals surface area (Å²) in [7, 11) is 7.70. The van der Waals surface area contributed by atoms with E-state index < -0.39 is 17.5 Å². The number of benzene rings is 2. The zero-order valence-corrected chi connectivity index (χ0v) is 28.1. The van der Waals surface area contributed by atoms with Crippen molar-refractivity contribution in [1.29, 1.82) is 0 Å². The second-order valence-electron chi connectivity index (χ2n) is 13.6. The fraction of sp³-hybridized carbons (Fsp3) is 0.514. The number of ether oxygens (including phenoxy) is 3. The average molecular weight is 667 g/mol. The number of fused-ring (bicyclic) bond motifs is 3. The lowest BCUT2D eigenvalue weighted by atomic mass is 9.75. The Hall–Kier alpha value is -3.38. The third-order valence-electron chi connectivity index (χ3n) is 10.5. The largest absolute Gasteiger partial charge is 0.468 e. The Balaban J connectivity index is 1.35. The minimum absolute atomic E-state index is 0.0133. The summed E-state index contributed by atoms with van der Waals surface area (Å²) in [6, 6.07) is 9.10. The molecule has 7 rings (SSSR count). The van der Waals surface area contributed by atoms with Gasteiger partial charge in [0, 0.05) is 61.4 Å². The zero-order valence-electron chi connectivity index (χ0n) is 27.4. The first-order chi connectivity index (χ1) is 22.6. The van der Waals surface area contributed by atoms with E-state index in [1.807, 2.05) is 25.2 Å². The Bertz CT molecular complexity index is 1810. The molecule has 12 heteroatoms. The number of hydrogen-bond donors (Lipinski definition) is 0. The molecule has 250 valence electrons. The number of anilines is 1. The predicted molar refractivity (Wildman–Crippen MR) is 180 cm³/mol. The van der Waals surface area contributed by atoms with Gasteiger partial charge in [-0.15, -0.1) is 0 Å². The van der Waals surface area contributed by atoms with Crippen molar-refractivity contribution in [2.24, 2.45) is 0 Å². The van der Waals surface area contributed by atoms with Gasteiger partial charge in [-0.25, -0.2) is 8.78 Å². The highest BCUT2D eigenvalue weighted by atomic mass is 35.5. The summed E-state index contributed by atoms with van der Waals surface area (Å²) in [5.74, 6) is 0.403. The van der Waals surface area contributed by atoms with Crippen molar-refractivity contribution in [1.82, 2.24) is 24.8 Å². The number of likely N-dealkylation sites (N-methyl/N-ethyl adjacent to an activating group) is 2. The van der Waals surface area contributed by atoms with Crippen LogP contribution in [0, 0.1) is 5.82 Å². The van der Waals surface area contributed by atoms with Gasteiger partial charge in [0.1, 0.15) is 35.6 Å². The summed E-state index contributed by atoms with van der Waals surface area (Å²) in [6.07, 6.45) is 6.26. The first-order valence-electron chi connectivity index (χ1n) is 16.2. The normalized spacial score (nSPS) is 22.2. The monoisotopic (exact) mass is 666 g/mol. The van der Waals surface area contributed by atoms with Crippen molar-refractivity contribution >= 4 is 39.1 Å². The molecular weight excluding hydrogens is 626 g/mol. The summed E-state index contributed by atoms with van der Waals surface area (Å²) < 4.78 is 48.7. The molecule has 0 spiro atoms. The molecule has 2 aromatic carbocycles. The van der Waals surface area contributed by atoms with Crippen LogP contribution in [0.5, 0.6) is 11.8 Å². The van der Waals surface area contributed by atoms with Gasteiger partial charge in [0.05, 0.1) is 10.9 Å². The van der Waals surface area contributed by atoms with Crippen LogP contribution in [-0.2, 0) is 4.74 Å². The molecule has 2 saturated heterocycles. The number of aromatic nitrogens is 3. The van der Waals surface area contributed by atoms with E-state index in [2.05, 4.69) is 38.8 Å². The molecule has 9 nitrogen and oxygen atoms in total. The minimum atomic E-state index is -0.890. The molecule has 3 fully saturated rings. The molecule has 0 amide bonds. The number of methoxy groups -OCH3 is 1. The van der Waals surface area contributed by atoms with Gasteiger partial charge >= 0.3 is 6.01 Å². The summed E-state index contributed by atoms with van der Waals surface area (Å²) in [4.78, 5) is 20.7. The maximum atomic E-state index is 17.0. The highest BCUT2D eigenvalue weighted by Crippen LogP contribution is 2.43. The van der Waals surface area contributed by atoms with Crippen LogP contribution in [0.25, 0.3) is 32.9 Å². The highest BCUT2D eigenvalue weighted by molar-refractivity contribution is 6.36. The lowest BCUT2D eigenvalue weighted by molar-refractivity contribution is 0.0512. The van der Waals surface area contributed by atoms with E-state index in [1.54, 1.807) is 18.3 Å².